The lowest BCUT2D eigenvalue weighted by atomic mass is 9.99. The fraction of sp³-hybridized carbons (Fsp3) is 0.333. The van der Waals surface area contributed by atoms with Crippen molar-refractivity contribution in [3.63, 3.8) is 0 Å². The minimum atomic E-state index is -3.84. The van der Waals surface area contributed by atoms with Crippen LogP contribution in [0.15, 0.2) is 83.4 Å². The molecule has 2 aliphatic rings. The molecule has 1 aliphatic heterocycles. The molecule has 3 atom stereocenters. The van der Waals surface area contributed by atoms with Crippen LogP contribution >= 0.6 is 0 Å². The molecule has 1 N–H and O–H groups in total. The van der Waals surface area contributed by atoms with Crippen LogP contribution in [-0.4, -0.2) is 60.8 Å². The highest BCUT2D eigenvalue weighted by Crippen LogP contribution is 2.28. The van der Waals surface area contributed by atoms with Crippen LogP contribution in [0.2, 0.25) is 0 Å². The molecule has 1 amide bonds. The van der Waals surface area contributed by atoms with E-state index in [9.17, 15) is 22.0 Å². The Morgan fingerprint density at radius 1 is 1.12 bits per heavy atom. The standard InChI is InChI=1S/C30H32F2N4O3S/c1-3-27-19-35(20(2)23-16-24(31)18-25(32)17-23)14-15-36(27)30(37)22-9-11-26(12-10-22)34-40(38,39)28-8-4-6-21-7-5-13-33-29(21)28/h4-11,13,16-18,20,26-27,34H,3,12,14-15,19H2,1-2H3/t20?,26?,27-/m0/s1. The van der Waals surface area contributed by atoms with Gasteiger partial charge >= 0.3 is 0 Å². The van der Waals surface area contributed by atoms with E-state index in [1.165, 1.54) is 18.2 Å². The molecule has 7 nitrogen and oxygen atoms in total. The second-order valence-corrected chi connectivity index (χ2v) is 11.9. The summed E-state index contributed by atoms with van der Waals surface area (Å²) in [4.78, 5) is 21.8. The summed E-state index contributed by atoms with van der Waals surface area (Å²) in [6.45, 7) is 5.56. The normalized spacial score (nSPS) is 20.9. The van der Waals surface area contributed by atoms with Crippen LogP contribution in [0.3, 0.4) is 0 Å². The first-order valence-electron chi connectivity index (χ1n) is 13.4. The molecule has 0 bridgehead atoms. The Hall–Kier alpha value is -3.47. The third-order valence-electron chi connectivity index (χ3n) is 7.70. The van der Waals surface area contributed by atoms with Gasteiger partial charge in [-0.05, 0) is 49.6 Å². The van der Waals surface area contributed by atoms with Crippen molar-refractivity contribution in [3.05, 3.63) is 95.7 Å². The van der Waals surface area contributed by atoms with Gasteiger partial charge in [-0.15, -0.1) is 0 Å². The van der Waals surface area contributed by atoms with Gasteiger partial charge in [-0.3, -0.25) is 14.7 Å². The van der Waals surface area contributed by atoms with Gasteiger partial charge in [0, 0.05) is 61.0 Å². The number of carbonyl (C=O) groups excluding carboxylic acids is 1. The molecule has 1 saturated heterocycles. The molecule has 40 heavy (non-hydrogen) atoms. The second kappa shape index (κ2) is 11.6. The minimum absolute atomic E-state index is 0.0634. The molecule has 210 valence electrons. The molecule has 0 spiro atoms. The van der Waals surface area contributed by atoms with Crippen molar-refractivity contribution >= 4 is 26.8 Å². The van der Waals surface area contributed by atoms with Crippen LogP contribution in [0, 0.1) is 11.6 Å². The Morgan fingerprint density at radius 3 is 2.58 bits per heavy atom. The van der Waals surface area contributed by atoms with Gasteiger partial charge in [0.05, 0.1) is 5.52 Å². The number of aromatic nitrogens is 1. The number of amides is 1. The Labute approximate surface area is 233 Å². The summed E-state index contributed by atoms with van der Waals surface area (Å²) in [6.07, 6.45) is 7.79. The maximum Gasteiger partial charge on any atom is 0.253 e. The molecule has 1 aliphatic carbocycles. The lowest BCUT2D eigenvalue weighted by Crippen LogP contribution is -2.55. The van der Waals surface area contributed by atoms with Crippen molar-refractivity contribution in [2.45, 2.75) is 49.7 Å². The van der Waals surface area contributed by atoms with E-state index in [1.807, 2.05) is 30.9 Å². The molecule has 0 saturated carbocycles. The van der Waals surface area contributed by atoms with Crippen molar-refractivity contribution in [3.8, 4) is 0 Å². The zero-order valence-electron chi connectivity index (χ0n) is 22.4. The molecular formula is C30H32F2N4O3S. The van der Waals surface area contributed by atoms with E-state index in [0.29, 0.717) is 42.7 Å². The van der Waals surface area contributed by atoms with E-state index in [4.69, 9.17) is 0 Å². The third-order valence-corrected chi connectivity index (χ3v) is 9.22. The first-order chi connectivity index (χ1) is 19.2. The predicted octanol–water partition coefficient (Wildman–Crippen LogP) is 4.73. The zero-order chi connectivity index (χ0) is 28.4. The minimum Gasteiger partial charge on any atom is -0.333 e. The average molecular weight is 567 g/mol. The number of nitrogens with zero attached hydrogens (tertiary/aromatic N) is 3. The number of carbonyl (C=O) groups is 1. The largest absolute Gasteiger partial charge is 0.333 e. The van der Waals surface area contributed by atoms with Gasteiger partial charge in [0.25, 0.3) is 5.91 Å². The van der Waals surface area contributed by atoms with Crippen molar-refractivity contribution in [1.82, 2.24) is 19.5 Å². The van der Waals surface area contributed by atoms with Gasteiger partial charge in [-0.1, -0.05) is 43.4 Å². The maximum absolute atomic E-state index is 13.8. The number of sulfonamides is 1. The third kappa shape index (κ3) is 5.84. The number of nitrogens with one attached hydrogen (secondary N) is 1. The molecule has 1 aromatic heterocycles. The van der Waals surface area contributed by atoms with Gasteiger partial charge in [-0.2, -0.15) is 0 Å². The molecule has 5 rings (SSSR count). The van der Waals surface area contributed by atoms with Gasteiger partial charge in [0.1, 0.15) is 16.5 Å². The Bertz CT molecular complexity index is 1570. The fourth-order valence-electron chi connectivity index (χ4n) is 5.46. The number of fused-ring (bicyclic) bond motifs is 1. The molecular weight excluding hydrogens is 534 g/mol. The van der Waals surface area contributed by atoms with Crippen LogP contribution in [0.4, 0.5) is 8.78 Å². The summed E-state index contributed by atoms with van der Waals surface area (Å²) in [5.74, 6) is -1.31. The highest BCUT2D eigenvalue weighted by molar-refractivity contribution is 7.89. The second-order valence-electron chi connectivity index (χ2n) is 10.2. The number of rotatable bonds is 7. The summed E-state index contributed by atoms with van der Waals surface area (Å²) < 4.78 is 56.6. The number of hydrogen-bond acceptors (Lipinski definition) is 5. The van der Waals surface area contributed by atoms with E-state index in [0.717, 1.165) is 17.9 Å². The van der Waals surface area contributed by atoms with E-state index in [-0.39, 0.29) is 22.9 Å². The van der Waals surface area contributed by atoms with Gasteiger partial charge in [0.15, 0.2) is 0 Å². The van der Waals surface area contributed by atoms with E-state index in [2.05, 4.69) is 14.6 Å². The highest BCUT2D eigenvalue weighted by atomic mass is 32.2. The first kappa shape index (κ1) is 28.1. The first-order valence-corrected chi connectivity index (χ1v) is 14.9. The monoisotopic (exact) mass is 566 g/mol. The van der Waals surface area contributed by atoms with Crippen molar-refractivity contribution < 1.29 is 22.0 Å². The van der Waals surface area contributed by atoms with Crippen LogP contribution in [0.25, 0.3) is 10.9 Å². The molecule has 2 aromatic carbocycles. The van der Waals surface area contributed by atoms with Crippen molar-refractivity contribution in [2.24, 2.45) is 0 Å². The smallest absolute Gasteiger partial charge is 0.253 e. The van der Waals surface area contributed by atoms with Crippen LogP contribution in [0.5, 0.6) is 0 Å². The highest BCUT2D eigenvalue weighted by Gasteiger charge is 2.33. The molecule has 0 radical (unpaired) electrons. The van der Waals surface area contributed by atoms with Gasteiger partial charge in [-0.25, -0.2) is 21.9 Å². The van der Waals surface area contributed by atoms with Gasteiger partial charge < -0.3 is 4.90 Å². The van der Waals surface area contributed by atoms with E-state index < -0.39 is 27.7 Å². The van der Waals surface area contributed by atoms with Crippen LogP contribution in [0.1, 0.15) is 38.3 Å². The van der Waals surface area contributed by atoms with Crippen molar-refractivity contribution in [2.75, 3.05) is 19.6 Å². The Kier molecular flexibility index (Phi) is 8.11. The molecule has 3 aromatic rings. The molecule has 1 fully saturated rings. The topological polar surface area (TPSA) is 82.6 Å². The summed E-state index contributed by atoms with van der Waals surface area (Å²) in [7, 11) is -3.84. The molecule has 2 heterocycles. The van der Waals surface area contributed by atoms with Crippen molar-refractivity contribution in [1.29, 1.82) is 0 Å². The number of pyridine rings is 1. The number of para-hydroxylation sites is 1. The quantitative estimate of drug-likeness (QED) is 0.447. The fourth-order valence-corrected chi connectivity index (χ4v) is 6.85. The SMILES string of the molecule is CC[C@H]1CN(C(C)c2cc(F)cc(F)c2)CCN1C(=O)C1=CCC(NS(=O)(=O)c2cccc3cccnc23)C=C1. The van der Waals surface area contributed by atoms with Crippen LogP contribution < -0.4 is 4.72 Å². The number of piperazine rings is 1. The maximum atomic E-state index is 13.8. The zero-order valence-corrected chi connectivity index (χ0v) is 23.2. The summed E-state index contributed by atoms with van der Waals surface area (Å²) in [6, 6.07) is 11.4. The van der Waals surface area contributed by atoms with Gasteiger partial charge in [0.2, 0.25) is 10.0 Å². The number of benzene rings is 2. The predicted molar refractivity (Wildman–Crippen MR) is 150 cm³/mol. The molecule has 10 heteroatoms. The average Bonchev–Trinajstić information content (AvgIpc) is 2.95. The summed E-state index contributed by atoms with van der Waals surface area (Å²) in [5.41, 5.74) is 1.50. The number of hydrogen-bond donors (Lipinski definition) is 1. The summed E-state index contributed by atoms with van der Waals surface area (Å²) in [5, 5.41) is 0.736. The van der Waals surface area contributed by atoms with Crippen LogP contribution in [-0.2, 0) is 14.8 Å². The van der Waals surface area contributed by atoms with E-state index >= 15 is 0 Å². The number of halogens is 2. The Morgan fingerprint density at radius 2 is 1.88 bits per heavy atom. The Balaban J connectivity index is 1.23. The summed E-state index contributed by atoms with van der Waals surface area (Å²) >= 11 is 0. The lowest BCUT2D eigenvalue weighted by Gasteiger charge is -2.44. The lowest BCUT2D eigenvalue weighted by molar-refractivity contribution is -0.132. The molecule has 2 unspecified atom stereocenters. The van der Waals surface area contributed by atoms with E-state index in [1.54, 1.807) is 36.6 Å².